The molecule has 80 valence electrons. The average Bonchev–Trinajstić information content (AvgIpc) is 2.18. The third-order valence-electron chi connectivity index (χ3n) is 2.09. The summed E-state index contributed by atoms with van der Waals surface area (Å²) in [6, 6.07) is 0. The number of hydrogen-bond acceptors (Lipinski definition) is 1. The van der Waals surface area contributed by atoms with E-state index in [0.717, 1.165) is 17.9 Å². The minimum Gasteiger partial charge on any atom is -0.458 e. The van der Waals surface area contributed by atoms with Crippen LogP contribution >= 0.6 is 0 Å². The zero-order valence-corrected chi connectivity index (χ0v) is 9.44. The summed E-state index contributed by atoms with van der Waals surface area (Å²) in [5.41, 5.74) is 0. The van der Waals surface area contributed by atoms with Gasteiger partial charge < -0.3 is 4.74 Å². The van der Waals surface area contributed by atoms with Gasteiger partial charge in [0.2, 0.25) is 0 Å². The predicted molar refractivity (Wildman–Crippen MR) is 65.2 cm³/mol. The Morgan fingerprint density at radius 3 is 3.00 bits per heavy atom. The fourth-order valence-electron chi connectivity index (χ4n) is 1.41. The van der Waals surface area contributed by atoms with E-state index in [-0.39, 0.29) is 0 Å². The van der Waals surface area contributed by atoms with E-state index in [2.05, 4.69) is 25.7 Å². The maximum absolute atomic E-state index is 5.72. The Morgan fingerprint density at radius 2 is 2.40 bits per heavy atom. The van der Waals surface area contributed by atoms with Gasteiger partial charge in [0.1, 0.15) is 11.5 Å². The summed E-state index contributed by atoms with van der Waals surface area (Å²) in [7, 11) is 0. The first-order chi connectivity index (χ1) is 7.26. The summed E-state index contributed by atoms with van der Waals surface area (Å²) in [6.07, 6.45) is 14.8. The molecule has 1 aliphatic carbocycles. The normalized spacial score (nSPS) is 21.6. The molecule has 1 unspecified atom stereocenters. The SMILES string of the molecule is C=C/C=C(\C=C/C)OC1=CC(C)CC=C1. The summed E-state index contributed by atoms with van der Waals surface area (Å²) < 4.78 is 5.72. The van der Waals surface area contributed by atoms with Crippen LogP contribution in [-0.4, -0.2) is 0 Å². The van der Waals surface area contributed by atoms with Gasteiger partial charge in [-0.2, -0.15) is 0 Å². The van der Waals surface area contributed by atoms with Crippen LogP contribution in [0.25, 0.3) is 0 Å². The molecular weight excluding hydrogens is 184 g/mol. The van der Waals surface area contributed by atoms with E-state index in [1.165, 1.54) is 0 Å². The van der Waals surface area contributed by atoms with Crippen LogP contribution in [0.1, 0.15) is 20.3 Å². The number of rotatable bonds is 4. The Kier molecular flexibility index (Phi) is 4.69. The predicted octanol–water partition coefficient (Wildman–Crippen LogP) is 4.13. The lowest BCUT2D eigenvalue weighted by Gasteiger charge is -2.13. The van der Waals surface area contributed by atoms with Crippen molar-refractivity contribution in [2.24, 2.45) is 5.92 Å². The highest BCUT2D eigenvalue weighted by molar-refractivity contribution is 5.24. The molecular formula is C14H18O. The molecule has 0 aliphatic heterocycles. The van der Waals surface area contributed by atoms with Gasteiger partial charge in [-0.25, -0.2) is 0 Å². The Balaban J connectivity index is 2.70. The Labute approximate surface area is 92.1 Å². The highest BCUT2D eigenvalue weighted by Crippen LogP contribution is 2.19. The molecule has 0 heterocycles. The lowest BCUT2D eigenvalue weighted by molar-refractivity contribution is 0.329. The minimum absolute atomic E-state index is 0.556. The molecule has 1 rings (SSSR count). The molecule has 0 fully saturated rings. The van der Waals surface area contributed by atoms with Crippen LogP contribution in [0.2, 0.25) is 0 Å². The molecule has 15 heavy (non-hydrogen) atoms. The third kappa shape index (κ3) is 4.03. The first-order valence-electron chi connectivity index (χ1n) is 5.28. The summed E-state index contributed by atoms with van der Waals surface area (Å²) in [5, 5.41) is 0. The van der Waals surface area contributed by atoms with Crippen molar-refractivity contribution in [3.05, 3.63) is 60.6 Å². The Bertz CT molecular complexity index is 329. The van der Waals surface area contributed by atoms with Crippen LogP contribution in [0.3, 0.4) is 0 Å². The molecule has 1 aliphatic rings. The van der Waals surface area contributed by atoms with Crippen molar-refractivity contribution in [2.75, 3.05) is 0 Å². The summed E-state index contributed by atoms with van der Waals surface area (Å²) >= 11 is 0. The molecule has 0 spiro atoms. The van der Waals surface area contributed by atoms with Crippen LogP contribution in [-0.2, 0) is 4.74 Å². The number of allylic oxidation sites excluding steroid dienone is 7. The van der Waals surface area contributed by atoms with Gasteiger partial charge in [-0.3, -0.25) is 0 Å². The van der Waals surface area contributed by atoms with Crippen LogP contribution in [0.5, 0.6) is 0 Å². The summed E-state index contributed by atoms with van der Waals surface area (Å²) in [5.74, 6) is 2.29. The van der Waals surface area contributed by atoms with E-state index in [1.807, 2.05) is 31.2 Å². The second kappa shape index (κ2) is 6.07. The molecule has 0 aromatic carbocycles. The first-order valence-corrected chi connectivity index (χ1v) is 5.28. The molecule has 0 saturated carbocycles. The summed E-state index contributed by atoms with van der Waals surface area (Å²) in [4.78, 5) is 0. The average molecular weight is 202 g/mol. The quantitative estimate of drug-likeness (QED) is 0.492. The Hall–Kier alpha value is -1.50. The van der Waals surface area contributed by atoms with Crippen molar-refractivity contribution in [1.29, 1.82) is 0 Å². The van der Waals surface area contributed by atoms with E-state index >= 15 is 0 Å². The maximum Gasteiger partial charge on any atom is 0.127 e. The van der Waals surface area contributed by atoms with Gasteiger partial charge in [-0.05, 0) is 43.6 Å². The van der Waals surface area contributed by atoms with E-state index in [9.17, 15) is 0 Å². The lowest BCUT2D eigenvalue weighted by Crippen LogP contribution is -1.98. The number of hydrogen-bond donors (Lipinski definition) is 0. The molecule has 0 radical (unpaired) electrons. The van der Waals surface area contributed by atoms with E-state index in [4.69, 9.17) is 4.74 Å². The van der Waals surface area contributed by atoms with Crippen LogP contribution < -0.4 is 0 Å². The monoisotopic (exact) mass is 202 g/mol. The topological polar surface area (TPSA) is 9.23 Å². The molecule has 0 N–H and O–H groups in total. The second-order valence-electron chi connectivity index (χ2n) is 3.59. The van der Waals surface area contributed by atoms with Crippen molar-refractivity contribution >= 4 is 0 Å². The first kappa shape index (κ1) is 11.6. The Morgan fingerprint density at radius 1 is 1.60 bits per heavy atom. The fourth-order valence-corrected chi connectivity index (χ4v) is 1.41. The van der Waals surface area contributed by atoms with Crippen molar-refractivity contribution in [3.8, 4) is 0 Å². The standard InChI is InChI=1S/C14H18O/c1-4-7-13(8-5-2)15-14-10-6-9-12(3)11-14/h4-8,10-12H,1,9H2,2-3H3/b8-5-,13-7+. The highest BCUT2D eigenvalue weighted by atomic mass is 16.5. The molecule has 1 atom stereocenters. The minimum atomic E-state index is 0.556. The van der Waals surface area contributed by atoms with Gasteiger partial charge in [0.05, 0.1) is 0 Å². The van der Waals surface area contributed by atoms with Crippen molar-refractivity contribution in [1.82, 2.24) is 0 Å². The van der Waals surface area contributed by atoms with E-state index < -0.39 is 0 Å². The van der Waals surface area contributed by atoms with Gasteiger partial charge in [-0.1, -0.05) is 31.7 Å². The molecule has 0 saturated heterocycles. The van der Waals surface area contributed by atoms with Gasteiger partial charge in [0, 0.05) is 0 Å². The molecule has 1 nitrogen and oxygen atoms in total. The second-order valence-corrected chi connectivity index (χ2v) is 3.59. The van der Waals surface area contributed by atoms with Gasteiger partial charge in [-0.15, -0.1) is 0 Å². The van der Waals surface area contributed by atoms with Crippen LogP contribution in [0.15, 0.2) is 60.6 Å². The van der Waals surface area contributed by atoms with Crippen molar-refractivity contribution in [3.63, 3.8) is 0 Å². The van der Waals surface area contributed by atoms with E-state index in [1.54, 1.807) is 6.08 Å². The molecule has 0 bridgehead atoms. The van der Waals surface area contributed by atoms with Crippen molar-refractivity contribution in [2.45, 2.75) is 20.3 Å². The molecule has 1 heteroatoms. The van der Waals surface area contributed by atoms with Gasteiger partial charge >= 0.3 is 0 Å². The van der Waals surface area contributed by atoms with Gasteiger partial charge in [0.15, 0.2) is 0 Å². The third-order valence-corrected chi connectivity index (χ3v) is 2.09. The molecule has 0 amide bonds. The summed E-state index contributed by atoms with van der Waals surface area (Å²) in [6.45, 7) is 7.81. The fraction of sp³-hybridized carbons (Fsp3) is 0.286. The van der Waals surface area contributed by atoms with Crippen molar-refractivity contribution < 1.29 is 4.74 Å². The zero-order valence-electron chi connectivity index (χ0n) is 9.44. The van der Waals surface area contributed by atoms with Crippen LogP contribution in [0.4, 0.5) is 0 Å². The number of ether oxygens (including phenoxy) is 1. The molecule has 0 aromatic heterocycles. The van der Waals surface area contributed by atoms with Gasteiger partial charge in [0.25, 0.3) is 0 Å². The largest absolute Gasteiger partial charge is 0.458 e. The van der Waals surface area contributed by atoms with E-state index in [0.29, 0.717) is 5.92 Å². The smallest absolute Gasteiger partial charge is 0.127 e. The highest BCUT2D eigenvalue weighted by Gasteiger charge is 2.05. The molecule has 0 aromatic rings. The zero-order chi connectivity index (χ0) is 11.1. The maximum atomic E-state index is 5.72. The lowest BCUT2D eigenvalue weighted by atomic mass is 10.0. The van der Waals surface area contributed by atoms with Crippen LogP contribution in [0, 0.1) is 5.92 Å².